The Morgan fingerprint density at radius 3 is 2.48 bits per heavy atom. The Bertz CT molecular complexity index is 834. The Morgan fingerprint density at radius 1 is 1.19 bits per heavy atom. The Morgan fingerprint density at radius 2 is 1.87 bits per heavy atom. The molecule has 7 heteroatoms. The number of carbonyl (C=O) groups excluding carboxylic acids is 2. The number of rotatable bonds is 5. The van der Waals surface area contributed by atoms with Gasteiger partial charge in [-0.3, -0.25) is 9.36 Å². The molecular weight excluding hydrogens is 390 g/mol. The Balaban J connectivity index is 1.45. The molecule has 0 radical (unpaired) electrons. The lowest BCUT2D eigenvalue weighted by Gasteiger charge is -2.37. The van der Waals surface area contributed by atoms with Crippen LogP contribution in [0.25, 0.3) is 0 Å². The molecule has 0 spiro atoms. The van der Waals surface area contributed by atoms with E-state index in [4.69, 9.17) is 0 Å². The fourth-order valence-electron chi connectivity index (χ4n) is 6.29. The van der Waals surface area contributed by atoms with Gasteiger partial charge in [0.2, 0.25) is 5.91 Å². The number of aromatic nitrogens is 1. The normalized spacial score (nSPS) is 28.4. The second-order valence-electron chi connectivity index (χ2n) is 10.1. The third kappa shape index (κ3) is 4.64. The molecule has 168 valence electrons. The van der Waals surface area contributed by atoms with Crippen molar-refractivity contribution in [2.45, 2.75) is 56.9 Å². The summed E-state index contributed by atoms with van der Waals surface area (Å²) >= 11 is 0. The summed E-state index contributed by atoms with van der Waals surface area (Å²) in [5.41, 5.74) is 0.342. The lowest BCUT2D eigenvalue weighted by Crippen LogP contribution is -2.49. The van der Waals surface area contributed by atoms with E-state index in [9.17, 15) is 14.9 Å². The summed E-state index contributed by atoms with van der Waals surface area (Å²) in [6.07, 6.45) is 11.4. The topological polar surface area (TPSA) is 81.4 Å². The van der Waals surface area contributed by atoms with Crippen molar-refractivity contribution in [3.05, 3.63) is 24.0 Å². The van der Waals surface area contributed by atoms with Gasteiger partial charge in [0, 0.05) is 38.9 Å². The summed E-state index contributed by atoms with van der Waals surface area (Å²) in [5, 5.41) is 12.9. The lowest BCUT2D eigenvalue weighted by atomic mass is 9.77. The lowest BCUT2D eigenvalue weighted by molar-refractivity contribution is 0.0885. The molecule has 1 aromatic heterocycles. The van der Waals surface area contributed by atoms with Crippen molar-refractivity contribution in [1.29, 1.82) is 5.26 Å². The van der Waals surface area contributed by atoms with Gasteiger partial charge < -0.3 is 15.1 Å². The molecule has 2 atom stereocenters. The van der Waals surface area contributed by atoms with Gasteiger partial charge in [-0.25, -0.2) is 4.79 Å². The minimum absolute atomic E-state index is 0.0415. The highest BCUT2D eigenvalue weighted by Gasteiger charge is 2.50. The maximum Gasteiger partial charge on any atom is 0.319 e. The van der Waals surface area contributed by atoms with Gasteiger partial charge in [-0.2, -0.15) is 5.26 Å². The predicted octanol–water partition coefficient (Wildman–Crippen LogP) is 3.32. The standard InChI is InChI=1S/C24H35N5O2/c1-27(2)23(31)28-16-19-12-24(13-20(19)17-28,11-18-7-4-3-5-8-18)26-15-22(30)29-10-6-9-21(29)14-25/h6,9-10,18-20,26H,3-5,7-8,11-13,15-17H2,1-2H3. The number of amides is 2. The summed E-state index contributed by atoms with van der Waals surface area (Å²) in [6, 6.07) is 5.61. The van der Waals surface area contributed by atoms with Gasteiger partial charge in [0.05, 0.1) is 6.54 Å². The number of carbonyl (C=O) groups is 2. The van der Waals surface area contributed by atoms with E-state index in [-0.39, 0.29) is 24.0 Å². The summed E-state index contributed by atoms with van der Waals surface area (Å²) < 4.78 is 1.45. The SMILES string of the molecule is CN(C)C(=O)N1CC2CC(CC3CCCCC3)(NCC(=O)n3cccc3C#N)CC2C1. The van der Waals surface area contributed by atoms with Crippen LogP contribution in [0.15, 0.2) is 18.3 Å². The van der Waals surface area contributed by atoms with Crippen molar-refractivity contribution in [2.75, 3.05) is 33.7 Å². The smallest absolute Gasteiger partial charge is 0.319 e. The molecule has 7 nitrogen and oxygen atoms in total. The zero-order valence-electron chi connectivity index (χ0n) is 18.8. The van der Waals surface area contributed by atoms with Crippen LogP contribution in [-0.4, -0.2) is 65.6 Å². The summed E-state index contributed by atoms with van der Waals surface area (Å²) in [7, 11) is 3.63. The minimum atomic E-state index is -0.0777. The van der Waals surface area contributed by atoms with Gasteiger partial charge in [-0.05, 0) is 49.1 Å². The number of nitriles is 1. The Hall–Kier alpha value is -2.33. The van der Waals surface area contributed by atoms with E-state index in [2.05, 4.69) is 11.4 Å². The first-order valence-electron chi connectivity index (χ1n) is 11.7. The summed E-state index contributed by atoms with van der Waals surface area (Å²) in [4.78, 5) is 28.9. The van der Waals surface area contributed by atoms with Crippen LogP contribution in [0, 0.1) is 29.1 Å². The predicted molar refractivity (Wildman–Crippen MR) is 119 cm³/mol. The van der Waals surface area contributed by atoms with E-state index in [1.165, 1.54) is 36.7 Å². The first-order valence-corrected chi connectivity index (χ1v) is 11.7. The third-order valence-electron chi connectivity index (χ3n) is 7.69. The average Bonchev–Trinajstić information content (AvgIpc) is 3.46. The monoisotopic (exact) mass is 425 g/mol. The molecule has 2 aliphatic carbocycles. The van der Waals surface area contributed by atoms with Crippen molar-refractivity contribution in [3.8, 4) is 6.07 Å². The molecule has 2 amide bonds. The van der Waals surface area contributed by atoms with E-state index in [1.807, 2.05) is 19.0 Å². The maximum atomic E-state index is 12.8. The fourth-order valence-corrected chi connectivity index (χ4v) is 6.29. The van der Waals surface area contributed by atoms with Crippen LogP contribution in [0.3, 0.4) is 0 Å². The largest absolute Gasteiger partial charge is 0.331 e. The molecule has 2 unspecified atom stereocenters. The second-order valence-corrected chi connectivity index (χ2v) is 10.1. The van der Waals surface area contributed by atoms with Crippen LogP contribution >= 0.6 is 0 Å². The van der Waals surface area contributed by atoms with E-state index < -0.39 is 0 Å². The summed E-state index contributed by atoms with van der Waals surface area (Å²) in [5.74, 6) is 1.63. The van der Waals surface area contributed by atoms with Gasteiger partial charge in [-0.15, -0.1) is 0 Å². The second kappa shape index (κ2) is 9.04. The molecule has 1 aliphatic heterocycles. The van der Waals surface area contributed by atoms with Crippen molar-refractivity contribution < 1.29 is 9.59 Å². The number of urea groups is 1. The number of nitrogens with one attached hydrogen (secondary N) is 1. The van der Waals surface area contributed by atoms with E-state index in [1.54, 1.807) is 23.2 Å². The van der Waals surface area contributed by atoms with E-state index >= 15 is 0 Å². The Labute approximate surface area is 185 Å². The highest BCUT2D eigenvalue weighted by molar-refractivity contribution is 5.82. The molecule has 4 rings (SSSR count). The molecule has 1 N–H and O–H groups in total. The van der Waals surface area contributed by atoms with Crippen LogP contribution in [0.1, 0.15) is 61.9 Å². The number of nitrogens with zero attached hydrogens (tertiary/aromatic N) is 4. The van der Waals surface area contributed by atoms with E-state index in [0.717, 1.165) is 38.3 Å². The third-order valence-corrected chi connectivity index (χ3v) is 7.69. The zero-order valence-corrected chi connectivity index (χ0v) is 18.8. The van der Waals surface area contributed by atoms with Crippen LogP contribution in [-0.2, 0) is 0 Å². The molecule has 0 bridgehead atoms. The molecule has 2 saturated carbocycles. The molecule has 2 heterocycles. The minimum Gasteiger partial charge on any atom is -0.331 e. The van der Waals surface area contributed by atoms with E-state index in [0.29, 0.717) is 17.5 Å². The van der Waals surface area contributed by atoms with Gasteiger partial charge in [0.25, 0.3) is 0 Å². The van der Waals surface area contributed by atoms with Gasteiger partial charge in [-0.1, -0.05) is 32.1 Å². The average molecular weight is 426 g/mol. The molecule has 31 heavy (non-hydrogen) atoms. The van der Waals surface area contributed by atoms with Gasteiger partial charge >= 0.3 is 6.03 Å². The number of likely N-dealkylation sites (tertiary alicyclic amines) is 1. The maximum absolute atomic E-state index is 12.8. The van der Waals surface area contributed by atoms with Crippen molar-refractivity contribution >= 4 is 11.9 Å². The van der Waals surface area contributed by atoms with Gasteiger partial charge in [0.1, 0.15) is 11.8 Å². The number of fused-ring (bicyclic) bond motifs is 1. The van der Waals surface area contributed by atoms with Crippen LogP contribution < -0.4 is 5.32 Å². The zero-order chi connectivity index (χ0) is 22.0. The molecule has 0 aromatic carbocycles. The highest BCUT2D eigenvalue weighted by atomic mass is 16.2. The quantitative estimate of drug-likeness (QED) is 0.785. The summed E-state index contributed by atoms with van der Waals surface area (Å²) in [6.45, 7) is 1.88. The van der Waals surface area contributed by atoms with Crippen LogP contribution in [0.2, 0.25) is 0 Å². The number of hydrogen-bond donors (Lipinski definition) is 1. The molecule has 1 aromatic rings. The molecule has 3 fully saturated rings. The van der Waals surface area contributed by atoms with Gasteiger partial charge in [0.15, 0.2) is 0 Å². The first kappa shape index (κ1) is 21.9. The van der Waals surface area contributed by atoms with Crippen molar-refractivity contribution in [2.24, 2.45) is 17.8 Å². The number of hydrogen-bond acceptors (Lipinski definition) is 4. The fraction of sp³-hybridized carbons (Fsp3) is 0.708. The molecule has 1 saturated heterocycles. The highest BCUT2D eigenvalue weighted by Crippen LogP contribution is 2.48. The molecule has 3 aliphatic rings. The first-order chi connectivity index (χ1) is 14.9. The van der Waals surface area contributed by atoms with Crippen molar-refractivity contribution in [1.82, 2.24) is 19.7 Å². The Kier molecular flexibility index (Phi) is 6.38. The molecular formula is C24H35N5O2. The van der Waals surface area contributed by atoms with Crippen molar-refractivity contribution in [3.63, 3.8) is 0 Å². The van der Waals surface area contributed by atoms with Crippen LogP contribution in [0.5, 0.6) is 0 Å². The van der Waals surface area contributed by atoms with Crippen LogP contribution in [0.4, 0.5) is 4.79 Å².